The standard InChI is InChI=1S/C10H10ClN3S3/c1-5-2-17-9(11)8(5)14(10(13)15)7-4-16-3-6(7)12/h2-4H,12H2,1H3,(H2,13,15). The summed E-state index contributed by atoms with van der Waals surface area (Å²) in [6, 6.07) is 0. The molecular formula is C10H10ClN3S3. The summed E-state index contributed by atoms with van der Waals surface area (Å²) < 4.78 is 0.654. The minimum atomic E-state index is 0.235. The molecule has 0 bridgehead atoms. The zero-order chi connectivity index (χ0) is 12.6. The Bertz CT molecular complexity index is 541. The van der Waals surface area contributed by atoms with Gasteiger partial charge >= 0.3 is 0 Å². The van der Waals surface area contributed by atoms with Gasteiger partial charge < -0.3 is 11.5 Å². The van der Waals surface area contributed by atoms with Gasteiger partial charge in [-0.3, -0.25) is 4.90 Å². The predicted molar refractivity (Wildman–Crippen MR) is 81.7 cm³/mol. The number of hydrogen-bond acceptors (Lipinski definition) is 4. The minimum Gasteiger partial charge on any atom is -0.396 e. The summed E-state index contributed by atoms with van der Waals surface area (Å²) in [5, 5.41) is 5.95. The number of thiophene rings is 2. The molecule has 2 aromatic heterocycles. The van der Waals surface area contributed by atoms with E-state index < -0.39 is 0 Å². The molecule has 2 aromatic rings. The van der Waals surface area contributed by atoms with Crippen LogP contribution < -0.4 is 16.4 Å². The Hall–Kier alpha value is -0.820. The molecule has 0 aliphatic heterocycles. The molecule has 4 N–H and O–H groups in total. The van der Waals surface area contributed by atoms with Gasteiger partial charge in [-0.25, -0.2) is 0 Å². The van der Waals surface area contributed by atoms with Crippen LogP contribution in [0.2, 0.25) is 4.34 Å². The van der Waals surface area contributed by atoms with Crippen molar-refractivity contribution in [1.29, 1.82) is 0 Å². The van der Waals surface area contributed by atoms with Crippen LogP contribution in [0.3, 0.4) is 0 Å². The highest BCUT2D eigenvalue weighted by Gasteiger charge is 2.21. The van der Waals surface area contributed by atoms with E-state index in [9.17, 15) is 0 Å². The molecule has 3 nitrogen and oxygen atoms in total. The van der Waals surface area contributed by atoms with Crippen LogP contribution >= 0.6 is 46.5 Å². The number of anilines is 3. The Morgan fingerprint density at radius 2 is 2.12 bits per heavy atom. The summed E-state index contributed by atoms with van der Waals surface area (Å²) in [7, 11) is 0. The molecular weight excluding hydrogens is 294 g/mol. The van der Waals surface area contributed by atoms with Gasteiger partial charge in [-0.15, -0.1) is 22.7 Å². The smallest absolute Gasteiger partial charge is 0.175 e. The van der Waals surface area contributed by atoms with Crippen LogP contribution in [0.25, 0.3) is 0 Å². The quantitative estimate of drug-likeness (QED) is 0.830. The van der Waals surface area contributed by atoms with Gasteiger partial charge in [0.1, 0.15) is 4.34 Å². The Morgan fingerprint density at radius 3 is 2.53 bits per heavy atom. The molecule has 0 spiro atoms. The summed E-state index contributed by atoms with van der Waals surface area (Å²) >= 11 is 14.2. The lowest BCUT2D eigenvalue weighted by Crippen LogP contribution is -2.31. The first kappa shape index (κ1) is 12.6. The zero-order valence-electron chi connectivity index (χ0n) is 8.94. The highest BCUT2D eigenvalue weighted by molar-refractivity contribution is 7.80. The third kappa shape index (κ3) is 2.26. The third-order valence-corrected chi connectivity index (χ3v) is 4.50. The first-order chi connectivity index (χ1) is 8.02. The first-order valence-electron chi connectivity index (χ1n) is 4.67. The van der Waals surface area contributed by atoms with Crippen molar-refractivity contribution in [2.24, 2.45) is 5.73 Å². The number of rotatable bonds is 2. The maximum Gasteiger partial charge on any atom is 0.175 e. The number of nitrogens with two attached hydrogens (primary N) is 2. The van der Waals surface area contributed by atoms with Crippen molar-refractivity contribution >= 4 is 68.7 Å². The molecule has 0 aliphatic rings. The van der Waals surface area contributed by atoms with Crippen LogP contribution in [0.4, 0.5) is 17.1 Å². The molecule has 17 heavy (non-hydrogen) atoms. The van der Waals surface area contributed by atoms with Crippen molar-refractivity contribution in [2.75, 3.05) is 10.6 Å². The van der Waals surface area contributed by atoms with E-state index in [1.54, 1.807) is 4.90 Å². The molecule has 0 radical (unpaired) electrons. The van der Waals surface area contributed by atoms with Crippen molar-refractivity contribution in [1.82, 2.24) is 0 Å². The predicted octanol–water partition coefficient (Wildman–Crippen LogP) is 3.74. The fraction of sp³-hybridized carbons (Fsp3) is 0.100. The lowest BCUT2D eigenvalue weighted by molar-refractivity contribution is 1.34. The monoisotopic (exact) mass is 303 g/mol. The topological polar surface area (TPSA) is 55.3 Å². The van der Waals surface area contributed by atoms with Gasteiger partial charge in [0, 0.05) is 10.8 Å². The average Bonchev–Trinajstić information content (AvgIpc) is 2.79. The molecule has 0 saturated heterocycles. The van der Waals surface area contributed by atoms with Crippen molar-refractivity contribution in [3.05, 3.63) is 26.0 Å². The van der Waals surface area contributed by atoms with Crippen LogP contribution in [-0.2, 0) is 0 Å². The third-order valence-electron chi connectivity index (χ3n) is 2.25. The second-order valence-electron chi connectivity index (χ2n) is 3.43. The van der Waals surface area contributed by atoms with Gasteiger partial charge in [0.15, 0.2) is 5.11 Å². The van der Waals surface area contributed by atoms with Crippen LogP contribution in [0, 0.1) is 6.92 Å². The SMILES string of the molecule is Cc1csc(Cl)c1N(C(N)=S)c1cscc1N. The minimum absolute atomic E-state index is 0.235. The van der Waals surface area contributed by atoms with Gasteiger partial charge in [0.2, 0.25) is 0 Å². The second kappa shape index (κ2) is 4.81. The maximum absolute atomic E-state index is 6.18. The van der Waals surface area contributed by atoms with E-state index in [4.69, 9.17) is 35.3 Å². The molecule has 2 heterocycles. The molecule has 7 heteroatoms. The first-order valence-corrected chi connectivity index (χ1v) is 7.28. The van der Waals surface area contributed by atoms with Gasteiger partial charge in [-0.2, -0.15) is 0 Å². The average molecular weight is 304 g/mol. The summed E-state index contributed by atoms with van der Waals surface area (Å²) in [6.07, 6.45) is 0. The van der Waals surface area contributed by atoms with Crippen molar-refractivity contribution < 1.29 is 0 Å². The fourth-order valence-corrected chi connectivity index (χ4v) is 3.52. The van der Waals surface area contributed by atoms with E-state index in [0.29, 0.717) is 10.0 Å². The normalized spacial score (nSPS) is 10.5. The summed E-state index contributed by atoms with van der Waals surface area (Å²) in [5.74, 6) is 0. The number of hydrogen-bond donors (Lipinski definition) is 2. The number of nitrogen functional groups attached to an aromatic ring is 1. The van der Waals surface area contributed by atoms with Crippen molar-refractivity contribution in [3.63, 3.8) is 0 Å². The number of aryl methyl sites for hydroxylation is 1. The largest absolute Gasteiger partial charge is 0.396 e. The molecule has 0 amide bonds. The molecule has 0 fully saturated rings. The molecule has 0 saturated carbocycles. The molecule has 2 rings (SSSR count). The highest BCUT2D eigenvalue weighted by Crippen LogP contribution is 2.42. The Balaban J connectivity index is 2.59. The van der Waals surface area contributed by atoms with Crippen LogP contribution in [0.15, 0.2) is 16.1 Å². The Morgan fingerprint density at radius 1 is 1.41 bits per heavy atom. The molecule has 90 valence electrons. The molecule has 0 aromatic carbocycles. The van der Waals surface area contributed by atoms with Gasteiger partial charge in [-0.1, -0.05) is 11.6 Å². The zero-order valence-corrected chi connectivity index (χ0v) is 12.1. The Labute approximate surface area is 118 Å². The van der Waals surface area contributed by atoms with Crippen LogP contribution in [0.5, 0.6) is 0 Å². The van der Waals surface area contributed by atoms with Gasteiger partial charge in [0.05, 0.1) is 17.1 Å². The maximum atomic E-state index is 6.18. The Kier molecular flexibility index (Phi) is 3.58. The lowest BCUT2D eigenvalue weighted by Gasteiger charge is -2.22. The molecule has 0 atom stereocenters. The summed E-state index contributed by atoms with van der Waals surface area (Å²) in [5.41, 5.74) is 14.9. The van der Waals surface area contributed by atoms with E-state index in [1.165, 1.54) is 22.7 Å². The number of nitrogens with zero attached hydrogens (tertiary/aromatic N) is 1. The van der Waals surface area contributed by atoms with Crippen molar-refractivity contribution in [3.8, 4) is 0 Å². The molecule has 0 unspecified atom stereocenters. The highest BCUT2D eigenvalue weighted by atomic mass is 35.5. The lowest BCUT2D eigenvalue weighted by atomic mass is 10.3. The van der Waals surface area contributed by atoms with Crippen LogP contribution in [-0.4, -0.2) is 5.11 Å². The van der Waals surface area contributed by atoms with E-state index in [1.807, 2.05) is 23.1 Å². The fourth-order valence-electron chi connectivity index (χ4n) is 1.50. The summed E-state index contributed by atoms with van der Waals surface area (Å²) in [6.45, 7) is 1.96. The molecule has 0 aliphatic carbocycles. The number of halogens is 1. The van der Waals surface area contributed by atoms with Gasteiger partial charge in [0.25, 0.3) is 0 Å². The summed E-state index contributed by atoms with van der Waals surface area (Å²) in [4.78, 5) is 1.72. The van der Waals surface area contributed by atoms with E-state index in [2.05, 4.69) is 0 Å². The number of thiocarbonyl (C=S) groups is 1. The van der Waals surface area contributed by atoms with E-state index in [0.717, 1.165) is 16.9 Å². The van der Waals surface area contributed by atoms with E-state index in [-0.39, 0.29) is 5.11 Å². The second-order valence-corrected chi connectivity index (χ2v) is 6.07. The van der Waals surface area contributed by atoms with Crippen molar-refractivity contribution in [2.45, 2.75) is 6.92 Å². The van der Waals surface area contributed by atoms with Gasteiger partial charge in [-0.05, 0) is 30.1 Å². The van der Waals surface area contributed by atoms with E-state index >= 15 is 0 Å². The van der Waals surface area contributed by atoms with Crippen LogP contribution in [0.1, 0.15) is 5.56 Å².